The minimum atomic E-state index is -1.01. The van der Waals surface area contributed by atoms with Gasteiger partial charge >= 0.3 is 5.97 Å². The molecule has 0 bridgehead atoms. The lowest BCUT2D eigenvalue weighted by Gasteiger charge is -2.23. The van der Waals surface area contributed by atoms with Crippen LogP contribution in [-0.2, 0) is 17.8 Å². The molecule has 5 nitrogen and oxygen atoms in total. The highest BCUT2D eigenvalue weighted by Crippen LogP contribution is 2.29. The smallest absolute Gasteiger partial charge is 0.326 e. The number of aliphatic carboxylic acids is 1. The number of carbonyl (C=O) groups excluding carboxylic acids is 1. The van der Waals surface area contributed by atoms with Gasteiger partial charge in [0.25, 0.3) is 5.91 Å². The highest BCUT2D eigenvalue weighted by Gasteiger charge is 2.23. The van der Waals surface area contributed by atoms with Crippen molar-refractivity contribution in [1.29, 1.82) is 0 Å². The average molecular weight is 533 g/mol. The van der Waals surface area contributed by atoms with Crippen molar-refractivity contribution in [3.05, 3.63) is 95.1 Å². The molecule has 2 N–H and O–H groups in total. The van der Waals surface area contributed by atoms with Crippen LogP contribution >= 0.6 is 11.8 Å². The Labute approximate surface area is 231 Å². The summed E-state index contributed by atoms with van der Waals surface area (Å²) in [6, 6.07) is 23.6. The van der Waals surface area contributed by atoms with Gasteiger partial charge in [-0.1, -0.05) is 74.0 Å². The molecule has 0 saturated carbocycles. The van der Waals surface area contributed by atoms with Crippen molar-refractivity contribution in [3.63, 3.8) is 0 Å². The van der Waals surface area contributed by atoms with E-state index in [4.69, 9.17) is 0 Å². The third-order valence-corrected chi connectivity index (χ3v) is 7.42. The second-order valence-electron chi connectivity index (χ2n) is 9.71. The summed E-state index contributed by atoms with van der Waals surface area (Å²) in [5.41, 5.74) is 5.87. The molecule has 6 heteroatoms. The van der Waals surface area contributed by atoms with Crippen LogP contribution in [0.25, 0.3) is 11.1 Å². The maximum atomic E-state index is 13.4. The highest BCUT2D eigenvalue weighted by molar-refractivity contribution is 7.98. The Balaban J connectivity index is 1.89. The zero-order chi connectivity index (χ0) is 27.3. The molecule has 0 aromatic heterocycles. The molecule has 0 heterocycles. The van der Waals surface area contributed by atoms with Gasteiger partial charge in [0.05, 0.1) is 0 Å². The number of benzene rings is 3. The zero-order valence-corrected chi connectivity index (χ0v) is 23.6. The molecule has 0 spiro atoms. The van der Waals surface area contributed by atoms with E-state index in [9.17, 15) is 14.7 Å². The molecule has 38 heavy (non-hydrogen) atoms. The number of thioether (sulfide) groups is 1. The Kier molecular flexibility index (Phi) is 11.9. The molecule has 0 unspecified atom stereocenters. The SMILES string of the molecule is CCCCN(CCc1ccccc1)Cc1ccc(C(=O)N[C@@H](CCSC)C(=O)O)c(-c2ccccc2C)c1. The molecule has 0 aliphatic heterocycles. The Morgan fingerprint density at radius 3 is 2.37 bits per heavy atom. The van der Waals surface area contributed by atoms with Gasteiger partial charge in [0.1, 0.15) is 6.04 Å². The summed E-state index contributed by atoms with van der Waals surface area (Å²) < 4.78 is 0. The second-order valence-corrected chi connectivity index (χ2v) is 10.7. The molecule has 1 atom stereocenters. The number of nitrogens with zero attached hydrogens (tertiary/aromatic N) is 1. The van der Waals surface area contributed by atoms with E-state index in [0.717, 1.165) is 61.2 Å². The molecule has 202 valence electrons. The van der Waals surface area contributed by atoms with E-state index < -0.39 is 12.0 Å². The minimum Gasteiger partial charge on any atom is -0.480 e. The van der Waals surface area contributed by atoms with Crippen LogP contribution in [0.2, 0.25) is 0 Å². The first-order valence-corrected chi connectivity index (χ1v) is 14.8. The molecule has 3 rings (SSSR count). The van der Waals surface area contributed by atoms with Crippen LogP contribution in [0.4, 0.5) is 0 Å². The number of carboxylic acids is 1. The number of hydrogen-bond donors (Lipinski definition) is 2. The Bertz CT molecular complexity index is 1180. The lowest BCUT2D eigenvalue weighted by Crippen LogP contribution is -2.41. The molecule has 0 fully saturated rings. The molecular weight excluding hydrogens is 492 g/mol. The molecule has 0 saturated heterocycles. The van der Waals surface area contributed by atoms with Gasteiger partial charge in [-0.2, -0.15) is 11.8 Å². The zero-order valence-electron chi connectivity index (χ0n) is 22.8. The van der Waals surface area contributed by atoms with Crippen molar-refractivity contribution in [1.82, 2.24) is 10.2 Å². The molecule has 1 amide bonds. The third kappa shape index (κ3) is 8.74. The summed E-state index contributed by atoms with van der Waals surface area (Å²) in [5.74, 6) is -0.695. The molecule has 0 radical (unpaired) electrons. The van der Waals surface area contributed by atoms with Gasteiger partial charge < -0.3 is 10.4 Å². The minimum absolute atomic E-state index is 0.352. The van der Waals surface area contributed by atoms with E-state index in [1.807, 2.05) is 55.6 Å². The van der Waals surface area contributed by atoms with Gasteiger partial charge in [-0.3, -0.25) is 9.69 Å². The van der Waals surface area contributed by atoms with Crippen LogP contribution in [0, 0.1) is 6.92 Å². The summed E-state index contributed by atoms with van der Waals surface area (Å²) in [4.78, 5) is 27.6. The van der Waals surface area contributed by atoms with Crippen molar-refractivity contribution in [2.45, 2.75) is 52.1 Å². The fourth-order valence-corrected chi connectivity index (χ4v) is 5.03. The largest absolute Gasteiger partial charge is 0.480 e. The second kappa shape index (κ2) is 15.4. The summed E-state index contributed by atoms with van der Waals surface area (Å²) in [6.07, 6.45) is 5.57. The van der Waals surface area contributed by atoms with Gasteiger partial charge in [-0.05, 0) is 84.7 Å². The van der Waals surface area contributed by atoms with Crippen LogP contribution < -0.4 is 5.32 Å². The first kappa shape index (κ1) is 29.5. The maximum Gasteiger partial charge on any atom is 0.326 e. The van der Waals surface area contributed by atoms with E-state index in [-0.39, 0.29) is 5.91 Å². The van der Waals surface area contributed by atoms with Crippen molar-refractivity contribution in [2.75, 3.05) is 25.1 Å². The van der Waals surface area contributed by atoms with E-state index in [2.05, 4.69) is 47.5 Å². The van der Waals surface area contributed by atoms with Gasteiger partial charge in [0.2, 0.25) is 0 Å². The summed E-state index contributed by atoms with van der Waals surface area (Å²) >= 11 is 1.57. The number of nitrogens with one attached hydrogen (secondary N) is 1. The predicted octanol–water partition coefficient (Wildman–Crippen LogP) is 6.44. The quantitative estimate of drug-likeness (QED) is 0.236. The standard InChI is InChI=1S/C32H40N2O3S/c1-4-5-19-34(20-17-25-12-7-6-8-13-25)23-26-15-16-28(29(22-26)27-14-10-9-11-24(27)2)31(35)33-30(32(36)37)18-21-38-3/h6-16,22,30H,4-5,17-21,23H2,1-3H3,(H,33,35)(H,36,37)/t30-/m0/s1. The Hall–Kier alpha value is -3.09. The number of carboxylic acid groups (broad SMARTS) is 1. The summed E-state index contributed by atoms with van der Waals surface area (Å²) in [6.45, 7) is 7.01. The van der Waals surface area contributed by atoms with Crippen LogP contribution in [0.1, 0.15) is 53.2 Å². The number of amides is 1. The van der Waals surface area contributed by atoms with Gasteiger partial charge in [-0.25, -0.2) is 4.79 Å². The number of unbranched alkanes of at least 4 members (excludes halogenated alkanes) is 1. The topological polar surface area (TPSA) is 69.6 Å². The predicted molar refractivity (Wildman–Crippen MR) is 159 cm³/mol. The highest BCUT2D eigenvalue weighted by atomic mass is 32.2. The average Bonchev–Trinajstić information content (AvgIpc) is 2.93. The van der Waals surface area contributed by atoms with Crippen molar-refractivity contribution >= 4 is 23.6 Å². The van der Waals surface area contributed by atoms with Crippen molar-refractivity contribution in [2.24, 2.45) is 0 Å². The first-order valence-electron chi connectivity index (χ1n) is 13.4. The van der Waals surface area contributed by atoms with Crippen LogP contribution in [0.5, 0.6) is 0 Å². The molecule has 0 aliphatic carbocycles. The van der Waals surface area contributed by atoms with Gasteiger partial charge in [0, 0.05) is 18.7 Å². The van der Waals surface area contributed by atoms with Gasteiger partial charge in [0.15, 0.2) is 0 Å². The Morgan fingerprint density at radius 2 is 1.68 bits per heavy atom. The normalized spacial score (nSPS) is 11.9. The van der Waals surface area contributed by atoms with Crippen LogP contribution in [0.3, 0.4) is 0 Å². The summed E-state index contributed by atoms with van der Waals surface area (Å²) in [7, 11) is 0. The molecule has 3 aromatic rings. The monoisotopic (exact) mass is 532 g/mol. The van der Waals surface area contributed by atoms with Crippen LogP contribution in [0.15, 0.2) is 72.8 Å². The third-order valence-electron chi connectivity index (χ3n) is 6.77. The van der Waals surface area contributed by atoms with Crippen molar-refractivity contribution in [3.8, 4) is 11.1 Å². The fourth-order valence-electron chi connectivity index (χ4n) is 4.56. The number of aryl methyl sites for hydroxylation is 1. The lowest BCUT2D eigenvalue weighted by atomic mass is 9.93. The fraction of sp³-hybridized carbons (Fsp3) is 0.375. The number of rotatable bonds is 15. The maximum absolute atomic E-state index is 13.4. The first-order chi connectivity index (χ1) is 18.4. The summed E-state index contributed by atoms with van der Waals surface area (Å²) in [5, 5.41) is 12.4. The van der Waals surface area contributed by atoms with E-state index in [0.29, 0.717) is 17.7 Å². The van der Waals surface area contributed by atoms with Crippen LogP contribution in [-0.4, -0.2) is 53.0 Å². The number of carbonyl (C=O) groups is 2. The molecular formula is C32H40N2O3S. The van der Waals surface area contributed by atoms with E-state index in [1.165, 1.54) is 5.56 Å². The molecule has 3 aromatic carbocycles. The lowest BCUT2D eigenvalue weighted by molar-refractivity contribution is -0.139. The van der Waals surface area contributed by atoms with E-state index >= 15 is 0 Å². The van der Waals surface area contributed by atoms with Crippen molar-refractivity contribution < 1.29 is 14.7 Å². The number of hydrogen-bond acceptors (Lipinski definition) is 4. The molecule has 0 aliphatic rings. The van der Waals surface area contributed by atoms with Gasteiger partial charge in [-0.15, -0.1) is 0 Å². The Morgan fingerprint density at radius 1 is 0.947 bits per heavy atom. The van der Waals surface area contributed by atoms with E-state index in [1.54, 1.807) is 11.8 Å².